The molecule has 0 atom stereocenters. The Kier molecular flexibility index (Phi) is 3.21. The Labute approximate surface area is 97.6 Å². The van der Waals surface area contributed by atoms with Crippen molar-refractivity contribution in [2.45, 2.75) is 39.4 Å². The smallest absolute Gasteiger partial charge is 0.108 e. The Bertz CT molecular complexity index is 448. The van der Waals surface area contributed by atoms with E-state index in [-0.39, 0.29) is 0 Å². The quantitative estimate of drug-likeness (QED) is 0.755. The van der Waals surface area contributed by atoms with Gasteiger partial charge in [-0.25, -0.2) is 8.61 Å². The van der Waals surface area contributed by atoms with E-state index in [0.717, 1.165) is 30.2 Å². The fraction of sp³-hybridized carbons (Fsp3) is 0.600. The number of fused-ring (bicyclic) bond motifs is 1. The summed E-state index contributed by atoms with van der Waals surface area (Å²) < 4.78 is 3.99. The fourth-order valence-corrected chi connectivity index (χ4v) is 1.74. The van der Waals surface area contributed by atoms with Crippen molar-refractivity contribution in [2.75, 3.05) is 0 Å². The molecule has 1 aliphatic rings. The molecule has 1 aliphatic carbocycles. The first-order valence-electron chi connectivity index (χ1n) is 5.21. The van der Waals surface area contributed by atoms with Gasteiger partial charge >= 0.3 is 0 Å². The third kappa shape index (κ3) is 2.29. The highest BCUT2D eigenvalue weighted by Gasteiger charge is 2.09. The van der Waals surface area contributed by atoms with Crippen molar-refractivity contribution in [1.29, 1.82) is 0 Å². The van der Waals surface area contributed by atoms with Gasteiger partial charge in [-0.3, -0.25) is 0 Å². The van der Waals surface area contributed by atoms with Crippen molar-refractivity contribution in [3.8, 4) is 0 Å². The lowest BCUT2D eigenvalue weighted by molar-refractivity contribution is 0.315. The summed E-state index contributed by atoms with van der Waals surface area (Å²) in [5, 5.41) is 10.5. The monoisotopic (exact) mass is 270 g/mol. The number of halogens is 1. The molecule has 1 heterocycles. The van der Waals surface area contributed by atoms with E-state index in [1.807, 2.05) is 4.68 Å². The molecule has 2 rings (SSSR count). The molecule has 0 saturated carbocycles. The predicted molar refractivity (Wildman–Crippen MR) is 63.3 cm³/mol. The molecule has 0 amide bonds. The van der Waals surface area contributed by atoms with Crippen molar-refractivity contribution >= 4 is 28.3 Å². The van der Waals surface area contributed by atoms with Gasteiger partial charge < -0.3 is 0 Å². The molecule has 15 heavy (non-hydrogen) atoms. The van der Waals surface area contributed by atoms with E-state index in [1.54, 1.807) is 0 Å². The van der Waals surface area contributed by atoms with Gasteiger partial charge in [0.2, 0.25) is 0 Å². The summed E-state index contributed by atoms with van der Waals surface area (Å²) in [5.74, 6) is 0. The molecule has 0 unspecified atom stereocenters. The van der Waals surface area contributed by atoms with Crippen LogP contribution in [0, 0.1) is 0 Å². The van der Waals surface area contributed by atoms with Crippen LogP contribution in [0.5, 0.6) is 0 Å². The number of aromatic nitrogens is 3. The molecule has 0 N–H and O–H groups in total. The second-order valence-electron chi connectivity index (χ2n) is 3.98. The van der Waals surface area contributed by atoms with Crippen LogP contribution in [-0.4, -0.2) is 25.0 Å². The van der Waals surface area contributed by atoms with Gasteiger partial charge in [0.05, 0.1) is 5.35 Å². The zero-order chi connectivity index (χ0) is 10.8. The average Bonchev–Trinajstić information content (AvgIpc) is 2.62. The van der Waals surface area contributed by atoms with Crippen LogP contribution in [-0.2, 0) is 6.67 Å². The highest BCUT2D eigenvalue weighted by atomic mass is 79.9. The summed E-state index contributed by atoms with van der Waals surface area (Å²) in [5.41, 5.74) is 0. The van der Waals surface area contributed by atoms with Gasteiger partial charge in [0, 0.05) is 22.2 Å². The molecule has 0 fully saturated rings. The van der Waals surface area contributed by atoms with E-state index in [1.165, 1.54) is 0 Å². The largest absolute Gasteiger partial charge is 0.230 e. The van der Waals surface area contributed by atoms with E-state index in [4.69, 9.17) is 0 Å². The van der Waals surface area contributed by atoms with Crippen LogP contribution in [0.2, 0.25) is 0 Å². The van der Waals surface area contributed by atoms with Crippen LogP contribution in [0.3, 0.4) is 0 Å². The van der Waals surface area contributed by atoms with Crippen molar-refractivity contribution in [1.82, 2.24) is 18.9 Å². The molecular formula is C10H15BrN4. The first kappa shape index (κ1) is 10.8. The molecular weight excluding hydrogens is 256 g/mol. The summed E-state index contributed by atoms with van der Waals surface area (Å²) in [4.78, 5) is 0. The van der Waals surface area contributed by atoms with Gasteiger partial charge in [-0.1, -0.05) is 17.4 Å². The van der Waals surface area contributed by atoms with Crippen LogP contribution in [0.1, 0.15) is 26.7 Å². The SMILES string of the molecule is CC(C)N(Br)Cn1nnc2c1=CCCC=2. The van der Waals surface area contributed by atoms with Gasteiger partial charge in [-0.15, -0.1) is 5.10 Å². The molecule has 82 valence electrons. The minimum absolute atomic E-state index is 0.442. The summed E-state index contributed by atoms with van der Waals surface area (Å²) >= 11 is 3.51. The lowest BCUT2D eigenvalue weighted by atomic mass is 10.2. The van der Waals surface area contributed by atoms with Crippen LogP contribution in [0.25, 0.3) is 12.2 Å². The minimum atomic E-state index is 0.442. The second-order valence-corrected chi connectivity index (χ2v) is 4.89. The molecule has 0 spiro atoms. The first-order chi connectivity index (χ1) is 7.18. The van der Waals surface area contributed by atoms with Crippen LogP contribution >= 0.6 is 16.1 Å². The number of hydrogen-bond acceptors (Lipinski definition) is 3. The van der Waals surface area contributed by atoms with E-state index in [2.05, 4.69) is 56.4 Å². The fourth-order valence-electron chi connectivity index (χ4n) is 1.52. The van der Waals surface area contributed by atoms with Crippen LogP contribution < -0.4 is 10.7 Å². The lowest BCUT2D eigenvalue weighted by Gasteiger charge is -2.17. The van der Waals surface area contributed by atoms with Gasteiger partial charge in [0.25, 0.3) is 0 Å². The maximum atomic E-state index is 4.15. The Balaban J connectivity index is 2.28. The Morgan fingerprint density at radius 2 is 2.20 bits per heavy atom. The van der Waals surface area contributed by atoms with Gasteiger partial charge in [0.15, 0.2) is 0 Å². The highest BCUT2D eigenvalue weighted by molar-refractivity contribution is 9.07. The standard InChI is InChI=1S/C10H15BrN4/c1-8(2)14(11)7-15-10-6-4-3-5-9(10)12-13-15/h5-6,8H,3-4,7H2,1-2H3. The van der Waals surface area contributed by atoms with Crippen LogP contribution in [0.15, 0.2) is 0 Å². The third-order valence-corrected chi connectivity index (χ3v) is 3.52. The van der Waals surface area contributed by atoms with Gasteiger partial charge in [-0.05, 0) is 26.7 Å². The number of nitrogens with zero attached hydrogens (tertiary/aromatic N) is 4. The maximum Gasteiger partial charge on any atom is 0.108 e. The number of rotatable bonds is 3. The molecule has 1 aromatic heterocycles. The molecule has 1 aromatic rings. The molecule has 5 heteroatoms. The summed E-state index contributed by atoms with van der Waals surface area (Å²) in [7, 11) is 0. The molecule has 0 aliphatic heterocycles. The summed E-state index contributed by atoms with van der Waals surface area (Å²) in [6.07, 6.45) is 6.52. The maximum absolute atomic E-state index is 4.15. The molecule has 0 bridgehead atoms. The second kappa shape index (κ2) is 4.45. The van der Waals surface area contributed by atoms with Gasteiger partial charge in [0.1, 0.15) is 12.0 Å². The normalized spacial score (nSPS) is 15.0. The third-order valence-electron chi connectivity index (χ3n) is 2.47. The minimum Gasteiger partial charge on any atom is -0.230 e. The average molecular weight is 271 g/mol. The topological polar surface area (TPSA) is 34.0 Å². The zero-order valence-electron chi connectivity index (χ0n) is 9.02. The lowest BCUT2D eigenvalue weighted by Crippen LogP contribution is -2.36. The van der Waals surface area contributed by atoms with E-state index in [9.17, 15) is 0 Å². The zero-order valence-corrected chi connectivity index (χ0v) is 10.6. The van der Waals surface area contributed by atoms with E-state index < -0.39 is 0 Å². The van der Waals surface area contributed by atoms with E-state index in [0.29, 0.717) is 6.04 Å². The number of hydrogen-bond donors (Lipinski definition) is 0. The van der Waals surface area contributed by atoms with Crippen molar-refractivity contribution < 1.29 is 0 Å². The Hall–Kier alpha value is -0.680. The van der Waals surface area contributed by atoms with Crippen LogP contribution in [0.4, 0.5) is 0 Å². The Morgan fingerprint density at radius 1 is 1.47 bits per heavy atom. The van der Waals surface area contributed by atoms with E-state index >= 15 is 0 Å². The highest BCUT2D eigenvalue weighted by Crippen LogP contribution is 2.05. The molecule has 0 radical (unpaired) electrons. The summed E-state index contributed by atoms with van der Waals surface area (Å²) in [6, 6.07) is 0.442. The first-order valence-corrected chi connectivity index (χ1v) is 5.91. The Morgan fingerprint density at radius 3 is 2.93 bits per heavy atom. The molecule has 4 nitrogen and oxygen atoms in total. The molecule has 0 saturated heterocycles. The van der Waals surface area contributed by atoms with Crippen molar-refractivity contribution in [3.05, 3.63) is 10.7 Å². The van der Waals surface area contributed by atoms with Gasteiger partial charge in [-0.2, -0.15) is 0 Å². The van der Waals surface area contributed by atoms with Crippen molar-refractivity contribution in [3.63, 3.8) is 0 Å². The predicted octanol–water partition coefficient (Wildman–Crippen LogP) is 0.611. The molecule has 0 aromatic carbocycles. The summed E-state index contributed by atoms with van der Waals surface area (Å²) in [6.45, 7) is 4.99. The van der Waals surface area contributed by atoms with Crippen molar-refractivity contribution in [2.24, 2.45) is 0 Å².